The Morgan fingerprint density at radius 1 is 1.53 bits per heavy atom. The second kappa shape index (κ2) is 6.33. The smallest absolute Gasteiger partial charge is 0.326 e. The molecule has 0 fully saturated rings. The van der Waals surface area contributed by atoms with E-state index in [1.54, 1.807) is 0 Å². The third-order valence-electron chi connectivity index (χ3n) is 2.25. The van der Waals surface area contributed by atoms with Crippen molar-refractivity contribution >= 4 is 11.9 Å². The van der Waals surface area contributed by atoms with Crippen molar-refractivity contribution in [1.29, 1.82) is 0 Å². The van der Waals surface area contributed by atoms with Gasteiger partial charge in [0.2, 0.25) is 5.91 Å². The number of H-pyrrole nitrogens is 1. The zero-order chi connectivity index (χ0) is 14.5. The Balaban J connectivity index is 2.49. The van der Waals surface area contributed by atoms with Crippen LogP contribution in [0, 0.1) is 0 Å². The molecule has 0 saturated heterocycles. The van der Waals surface area contributed by atoms with Gasteiger partial charge < -0.3 is 20.1 Å². The molecule has 1 rings (SSSR count). The molecule has 0 radical (unpaired) electrons. The summed E-state index contributed by atoms with van der Waals surface area (Å²) in [5, 5.41) is 11.5. The third-order valence-corrected chi connectivity index (χ3v) is 2.25. The number of rotatable bonds is 6. The van der Waals surface area contributed by atoms with Crippen molar-refractivity contribution in [3.63, 3.8) is 0 Å². The molecule has 0 aliphatic carbocycles. The molecule has 7 heteroatoms. The molecule has 1 heterocycles. The van der Waals surface area contributed by atoms with Crippen LogP contribution in [-0.4, -0.2) is 45.2 Å². The number of hydrogen-bond donors (Lipinski definition) is 3. The van der Waals surface area contributed by atoms with Crippen LogP contribution < -0.4 is 5.32 Å². The fourth-order valence-corrected chi connectivity index (χ4v) is 1.33. The Morgan fingerprint density at radius 2 is 2.21 bits per heavy atom. The quantitative estimate of drug-likeness (QED) is 0.690. The Bertz CT molecular complexity index is 423. The highest BCUT2D eigenvalue weighted by Crippen LogP contribution is 2.06. The molecule has 1 atom stereocenters. The average molecular weight is 269 g/mol. The summed E-state index contributed by atoms with van der Waals surface area (Å²) in [6.07, 6.45) is 3.13. The summed E-state index contributed by atoms with van der Waals surface area (Å²) in [6.45, 7) is 5.29. The van der Waals surface area contributed by atoms with Gasteiger partial charge in [-0.2, -0.15) is 0 Å². The van der Waals surface area contributed by atoms with E-state index in [-0.39, 0.29) is 13.0 Å². The maximum atomic E-state index is 11.6. The van der Waals surface area contributed by atoms with Gasteiger partial charge >= 0.3 is 5.97 Å². The molecule has 1 aromatic rings. The molecular formula is C12H19N3O4. The zero-order valence-electron chi connectivity index (χ0n) is 11.3. The summed E-state index contributed by atoms with van der Waals surface area (Å²) in [5.41, 5.74) is 0.198. The number of imidazole rings is 1. The maximum Gasteiger partial charge on any atom is 0.326 e. The molecule has 106 valence electrons. The van der Waals surface area contributed by atoms with E-state index in [9.17, 15) is 9.59 Å². The molecule has 3 N–H and O–H groups in total. The first kappa shape index (κ1) is 15.2. The van der Waals surface area contributed by atoms with E-state index in [0.29, 0.717) is 5.69 Å². The minimum Gasteiger partial charge on any atom is -0.480 e. The lowest BCUT2D eigenvalue weighted by molar-refractivity contribution is -0.143. The summed E-state index contributed by atoms with van der Waals surface area (Å²) in [5.74, 6) is -1.56. The van der Waals surface area contributed by atoms with Crippen LogP contribution in [-0.2, 0) is 20.7 Å². The first-order valence-corrected chi connectivity index (χ1v) is 5.91. The summed E-state index contributed by atoms with van der Waals surface area (Å²) in [6, 6.07) is -1.00. The van der Waals surface area contributed by atoms with Gasteiger partial charge in [-0.05, 0) is 20.8 Å². The van der Waals surface area contributed by atoms with Gasteiger partial charge in [0.25, 0.3) is 0 Å². The molecule has 0 bridgehead atoms. The standard InChI is InChI=1S/C12H19N3O4/c1-12(2,3)19-6-10(16)15-9(11(17)18)4-8-5-13-7-14-8/h5,7,9H,4,6H2,1-3H3,(H,13,14)(H,15,16)(H,17,18)/t9-/m1/s1. The van der Waals surface area contributed by atoms with Crippen LogP contribution in [0.25, 0.3) is 0 Å². The SMILES string of the molecule is CC(C)(C)OCC(=O)N[C@H](Cc1cnc[nH]1)C(=O)O. The second-order valence-electron chi connectivity index (χ2n) is 5.14. The first-order chi connectivity index (χ1) is 8.78. The van der Waals surface area contributed by atoms with Gasteiger partial charge in [-0.1, -0.05) is 0 Å². The van der Waals surface area contributed by atoms with Crippen molar-refractivity contribution in [3.8, 4) is 0 Å². The van der Waals surface area contributed by atoms with E-state index in [2.05, 4.69) is 15.3 Å². The molecule has 0 spiro atoms. The number of carbonyl (C=O) groups is 2. The van der Waals surface area contributed by atoms with Gasteiger partial charge in [-0.25, -0.2) is 9.78 Å². The van der Waals surface area contributed by atoms with Crippen LogP contribution in [0.15, 0.2) is 12.5 Å². The number of ether oxygens (including phenoxy) is 1. The summed E-state index contributed by atoms with van der Waals surface area (Å²) >= 11 is 0. The van der Waals surface area contributed by atoms with E-state index >= 15 is 0 Å². The number of aliphatic carboxylic acids is 1. The number of carbonyl (C=O) groups excluding carboxylic acids is 1. The van der Waals surface area contributed by atoms with Gasteiger partial charge in [0.05, 0.1) is 11.9 Å². The Kier molecular flexibility index (Phi) is 5.05. The molecule has 0 aliphatic heterocycles. The van der Waals surface area contributed by atoms with Crippen LogP contribution in [0.2, 0.25) is 0 Å². The van der Waals surface area contributed by atoms with E-state index in [0.717, 1.165) is 0 Å². The number of aromatic nitrogens is 2. The minimum absolute atomic E-state index is 0.149. The molecule has 0 aliphatic rings. The van der Waals surface area contributed by atoms with Crippen LogP contribution >= 0.6 is 0 Å². The van der Waals surface area contributed by atoms with E-state index in [4.69, 9.17) is 9.84 Å². The highest BCUT2D eigenvalue weighted by atomic mass is 16.5. The number of aromatic amines is 1. The lowest BCUT2D eigenvalue weighted by Crippen LogP contribution is -2.44. The highest BCUT2D eigenvalue weighted by molar-refractivity contribution is 5.84. The zero-order valence-corrected chi connectivity index (χ0v) is 11.3. The molecule has 0 unspecified atom stereocenters. The summed E-state index contributed by atoms with van der Waals surface area (Å²) in [7, 11) is 0. The lowest BCUT2D eigenvalue weighted by atomic mass is 10.1. The number of nitrogens with zero attached hydrogens (tertiary/aromatic N) is 1. The lowest BCUT2D eigenvalue weighted by Gasteiger charge is -2.20. The van der Waals surface area contributed by atoms with Gasteiger partial charge in [-0.15, -0.1) is 0 Å². The number of hydrogen-bond acceptors (Lipinski definition) is 4. The minimum atomic E-state index is -1.10. The molecule has 7 nitrogen and oxygen atoms in total. The fourth-order valence-electron chi connectivity index (χ4n) is 1.33. The van der Waals surface area contributed by atoms with Crippen molar-refractivity contribution < 1.29 is 19.4 Å². The number of carboxylic acid groups (broad SMARTS) is 1. The van der Waals surface area contributed by atoms with Gasteiger partial charge in [0.1, 0.15) is 12.6 Å². The number of carboxylic acids is 1. The average Bonchev–Trinajstić information content (AvgIpc) is 2.77. The highest BCUT2D eigenvalue weighted by Gasteiger charge is 2.22. The molecule has 1 aromatic heterocycles. The van der Waals surface area contributed by atoms with E-state index in [1.165, 1.54) is 12.5 Å². The van der Waals surface area contributed by atoms with Crippen LogP contribution in [0.1, 0.15) is 26.5 Å². The largest absolute Gasteiger partial charge is 0.480 e. The Hall–Kier alpha value is -1.89. The Morgan fingerprint density at radius 3 is 2.68 bits per heavy atom. The van der Waals surface area contributed by atoms with Crippen molar-refractivity contribution in [2.24, 2.45) is 0 Å². The third kappa shape index (κ3) is 6.01. The van der Waals surface area contributed by atoms with Crippen molar-refractivity contribution in [2.75, 3.05) is 6.61 Å². The van der Waals surface area contributed by atoms with Gasteiger partial charge in [0, 0.05) is 18.3 Å². The maximum absolute atomic E-state index is 11.6. The van der Waals surface area contributed by atoms with Crippen molar-refractivity contribution in [1.82, 2.24) is 15.3 Å². The fraction of sp³-hybridized carbons (Fsp3) is 0.583. The normalized spacial score (nSPS) is 13.0. The van der Waals surface area contributed by atoms with E-state index < -0.39 is 23.5 Å². The topological polar surface area (TPSA) is 104 Å². The molecular weight excluding hydrogens is 250 g/mol. The summed E-state index contributed by atoms with van der Waals surface area (Å²) in [4.78, 5) is 29.3. The Labute approximate surface area is 111 Å². The molecule has 1 amide bonds. The van der Waals surface area contributed by atoms with E-state index in [1.807, 2.05) is 20.8 Å². The first-order valence-electron chi connectivity index (χ1n) is 5.91. The monoisotopic (exact) mass is 269 g/mol. The number of amides is 1. The predicted molar refractivity (Wildman–Crippen MR) is 67.6 cm³/mol. The van der Waals surface area contributed by atoms with Crippen LogP contribution in [0.4, 0.5) is 0 Å². The second-order valence-corrected chi connectivity index (χ2v) is 5.14. The molecule has 19 heavy (non-hydrogen) atoms. The summed E-state index contributed by atoms with van der Waals surface area (Å²) < 4.78 is 5.28. The molecule has 0 aromatic carbocycles. The van der Waals surface area contributed by atoms with Gasteiger partial charge in [-0.3, -0.25) is 4.79 Å². The predicted octanol–water partition coefficient (Wildman–Crippen LogP) is 0.337. The van der Waals surface area contributed by atoms with Crippen LogP contribution in [0.5, 0.6) is 0 Å². The van der Waals surface area contributed by atoms with Gasteiger partial charge in [0.15, 0.2) is 0 Å². The number of nitrogens with one attached hydrogen (secondary N) is 2. The van der Waals surface area contributed by atoms with Crippen LogP contribution in [0.3, 0.4) is 0 Å². The van der Waals surface area contributed by atoms with Crippen molar-refractivity contribution in [3.05, 3.63) is 18.2 Å². The van der Waals surface area contributed by atoms with Crippen molar-refractivity contribution in [2.45, 2.75) is 38.8 Å². The molecule has 0 saturated carbocycles.